The molecule has 4 nitrogen and oxygen atoms in total. The molecule has 1 heterocycles. The van der Waals surface area contributed by atoms with Gasteiger partial charge in [0.1, 0.15) is 6.04 Å². The quantitative estimate of drug-likeness (QED) is 0.766. The molecule has 2 N–H and O–H groups in total. The Morgan fingerprint density at radius 3 is 2.74 bits per heavy atom. The van der Waals surface area contributed by atoms with Crippen LogP contribution in [-0.2, 0) is 9.59 Å². The zero-order chi connectivity index (χ0) is 14.5. The van der Waals surface area contributed by atoms with Crippen LogP contribution in [0.4, 0.5) is 0 Å². The zero-order valence-electron chi connectivity index (χ0n) is 12.5. The molecule has 19 heavy (non-hydrogen) atoms. The summed E-state index contributed by atoms with van der Waals surface area (Å²) < 4.78 is 0. The van der Waals surface area contributed by atoms with E-state index in [4.69, 9.17) is 0 Å². The maximum atomic E-state index is 12.3. The molecule has 1 saturated heterocycles. The molecule has 1 rings (SSSR count). The summed E-state index contributed by atoms with van der Waals surface area (Å²) in [6.45, 7) is 8.58. The average Bonchev–Trinajstić information content (AvgIpc) is 2.52. The van der Waals surface area contributed by atoms with E-state index in [2.05, 4.69) is 16.7 Å². The molecule has 1 aliphatic rings. The van der Waals surface area contributed by atoms with Gasteiger partial charge in [-0.25, -0.2) is 0 Å². The number of allylic oxidation sites excluding steroid dienone is 2. The first-order chi connectivity index (χ1) is 8.83. The predicted molar refractivity (Wildman–Crippen MR) is 76.6 cm³/mol. The molecule has 1 fully saturated rings. The van der Waals surface area contributed by atoms with E-state index in [1.54, 1.807) is 0 Å². The van der Waals surface area contributed by atoms with Gasteiger partial charge >= 0.3 is 0 Å². The van der Waals surface area contributed by atoms with Crippen LogP contribution < -0.4 is 10.6 Å². The number of hydrogen-bond donors (Lipinski definition) is 2. The van der Waals surface area contributed by atoms with E-state index in [9.17, 15) is 9.59 Å². The summed E-state index contributed by atoms with van der Waals surface area (Å²) in [5.74, 6) is -0.101. The van der Waals surface area contributed by atoms with Crippen molar-refractivity contribution in [2.75, 3.05) is 6.54 Å². The smallest absolute Gasteiger partial charge is 0.242 e. The first-order valence-corrected chi connectivity index (χ1v) is 7.05. The minimum absolute atomic E-state index is 0.0490. The van der Waals surface area contributed by atoms with Crippen LogP contribution >= 0.6 is 0 Å². The molecule has 1 aliphatic heterocycles. The minimum Gasteiger partial charge on any atom is -0.354 e. The number of amides is 2. The van der Waals surface area contributed by atoms with Crippen molar-refractivity contribution in [3.63, 3.8) is 0 Å². The normalized spacial score (nSPS) is 20.2. The first-order valence-electron chi connectivity index (χ1n) is 7.05. The number of rotatable bonds is 4. The Kier molecular flexibility index (Phi) is 5.58. The van der Waals surface area contributed by atoms with E-state index in [1.165, 1.54) is 5.57 Å². The van der Waals surface area contributed by atoms with Gasteiger partial charge in [0.05, 0.1) is 0 Å². The lowest BCUT2D eigenvalue weighted by Gasteiger charge is -2.25. The van der Waals surface area contributed by atoms with Crippen LogP contribution in [0.5, 0.6) is 0 Å². The third-order valence-electron chi connectivity index (χ3n) is 3.48. The number of carbonyl (C=O) groups excluding carboxylic acids is 2. The standard InChI is InChI=1S/C15H26N2O2/c1-11(2)8-9-15(3,4)14(19)17-12-7-5-6-10-16-13(12)18/h8,12H,5-7,9-10H2,1-4H3,(H,16,18)(H,17,19)/t12-/m0/s1. The third-order valence-corrected chi connectivity index (χ3v) is 3.48. The number of nitrogens with one attached hydrogen (secondary N) is 2. The number of carbonyl (C=O) groups is 2. The van der Waals surface area contributed by atoms with Gasteiger partial charge in [-0.2, -0.15) is 0 Å². The number of hydrogen-bond acceptors (Lipinski definition) is 2. The SMILES string of the molecule is CC(C)=CCC(C)(C)C(=O)N[C@H]1CCCCNC1=O. The average molecular weight is 266 g/mol. The van der Waals surface area contributed by atoms with Crippen LogP contribution in [0, 0.1) is 5.41 Å². The van der Waals surface area contributed by atoms with Crippen LogP contribution in [0.3, 0.4) is 0 Å². The summed E-state index contributed by atoms with van der Waals surface area (Å²) in [7, 11) is 0. The van der Waals surface area contributed by atoms with Gasteiger partial charge in [-0.1, -0.05) is 25.5 Å². The molecule has 1 atom stereocenters. The van der Waals surface area contributed by atoms with Crippen molar-refractivity contribution >= 4 is 11.8 Å². The lowest BCUT2D eigenvalue weighted by molar-refractivity contribution is -0.133. The van der Waals surface area contributed by atoms with Gasteiger partial charge in [0.2, 0.25) is 11.8 Å². The molecule has 108 valence electrons. The second kappa shape index (κ2) is 6.73. The van der Waals surface area contributed by atoms with E-state index in [1.807, 2.05) is 27.7 Å². The lowest BCUT2D eigenvalue weighted by Crippen LogP contribution is -2.49. The fraction of sp³-hybridized carbons (Fsp3) is 0.733. The van der Waals surface area contributed by atoms with E-state index < -0.39 is 5.41 Å². The molecule has 0 aliphatic carbocycles. The Hall–Kier alpha value is -1.32. The van der Waals surface area contributed by atoms with Crippen molar-refractivity contribution in [2.24, 2.45) is 5.41 Å². The molecule has 0 aromatic heterocycles. The van der Waals surface area contributed by atoms with Gasteiger partial charge in [-0.3, -0.25) is 9.59 Å². The zero-order valence-corrected chi connectivity index (χ0v) is 12.5. The molecule has 0 bridgehead atoms. The highest BCUT2D eigenvalue weighted by Gasteiger charge is 2.30. The molecular formula is C15H26N2O2. The highest BCUT2D eigenvalue weighted by molar-refractivity contribution is 5.89. The highest BCUT2D eigenvalue weighted by Crippen LogP contribution is 2.22. The topological polar surface area (TPSA) is 58.2 Å². The Morgan fingerprint density at radius 1 is 1.42 bits per heavy atom. The van der Waals surface area contributed by atoms with Crippen LogP contribution in [0.2, 0.25) is 0 Å². The van der Waals surface area contributed by atoms with Gasteiger partial charge < -0.3 is 10.6 Å². The van der Waals surface area contributed by atoms with Crippen LogP contribution in [0.15, 0.2) is 11.6 Å². The molecule has 0 saturated carbocycles. The van der Waals surface area contributed by atoms with Crippen LogP contribution in [0.25, 0.3) is 0 Å². The van der Waals surface area contributed by atoms with Gasteiger partial charge in [0.25, 0.3) is 0 Å². The molecule has 0 radical (unpaired) electrons. The molecule has 2 amide bonds. The molecule has 0 aromatic carbocycles. The van der Waals surface area contributed by atoms with Crippen LogP contribution in [-0.4, -0.2) is 24.4 Å². The van der Waals surface area contributed by atoms with E-state index in [-0.39, 0.29) is 17.9 Å². The Balaban J connectivity index is 2.61. The second-order valence-electron chi connectivity index (χ2n) is 6.18. The summed E-state index contributed by atoms with van der Waals surface area (Å²) in [4.78, 5) is 24.1. The minimum atomic E-state index is -0.482. The third kappa shape index (κ3) is 5.05. The molecule has 0 aromatic rings. The van der Waals surface area contributed by atoms with Crippen molar-refractivity contribution in [3.05, 3.63) is 11.6 Å². The van der Waals surface area contributed by atoms with Crippen LogP contribution in [0.1, 0.15) is 53.4 Å². The summed E-state index contributed by atoms with van der Waals surface area (Å²) in [5.41, 5.74) is 0.720. The Bertz CT molecular complexity index is 368. The monoisotopic (exact) mass is 266 g/mol. The fourth-order valence-corrected chi connectivity index (χ4v) is 1.98. The van der Waals surface area contributed by atoms with Gasteiger partial charge in [-0.05, 0) is 39.5 Å². The maximum Gasteiger partial charge on any atom is 0.242 e. The summed E-state index contributed by atoms with van der Waals surface area (Å²) in [6, 6.07) is -0.374. The van der Waals surface area contributed by atoms with Crippen molar-refractivity contribution < 1.29 is 9.59 Å². The largest absolute Gasteiger partial charge is 0.354 e. The van der Waals surface area contributed by atoms with Crippen molar-refractivity contribution in [2.45, 2.75) is 59.4 Å². The van der Waals surface area contributed by atoms with E-state index in [0.29, 0.717) is 13.0 Å². The summed E-state index contributed by atoms with van der Waals surface area (Å²) >= 11 is 0. The molecule has 0 spiro atoms. The molecular weight excluding hydrogens is 240 g/mol. The Morgan fingerprint density at radius 2 is 2.11 bits per heavy atom. The Labute approximate surface area is 116 Å². The molecule has 0 unspecified atom stereocenters. The van der Waals surface area contributed by atoms with Crippen molar-refractivity contribution in [1.29, 1.82) is 0 Å². The summed E-state index contributed by atoms with van der Waals surface area (Å²) in [5, 5.41) is 5.73. The predicted octanol–water partition coefficient (Wildman–Crippen LogP) is 2.15. The van der Waals surface area contributed by atoms with Gasteiger partial charge in [0, 0.05) is 12.0 Å². The highest BCUT2D eigenvalue weighted by atomic mass is 16.2. The fourth-order valence-electron chi connectivity index (χ4n) is 1.98. The first kappa shape index (κ1) is 15.7. The lowest BCUT2D eigenvalue weighted by atomic mass is 9.87. The van der Waals surface area contributed by atoms with Gasteiger partial charge in [0.15, 0.2) is 0 Å². The summed E-state index contributed by atoms with van der Waals surface area (Å²) in [6.07, 6.45) is 5.44. The van der Waals surface area contributed by atoms with E-state index in [0.717, 1.165) is 19.3 Å². The second-order valence-corrected chi connectivity index (χ2v) is 6.18. The van der Waals surface area contributed by atoms with E-state index >= 15 is 0 Å². The molecule has 4 heteroatoms. The van der Waals surface area contributed by atoms with Gasteiger partial charge in [-0.15, -0.1) is 0 Å². The maximum absolute atomic E-state index is 12.3. The van der Waals surface area contributed by atoms with Crippen molar-refractivity contribution in [1.82, 2.24) is 10.6 Å². The van der Waals surface area contributed by atoms with Crippen molar-refractivity contribution in [3.8, 4) is 0 Å².